The molecule has 5 heteroatoms. The SMILES string of the molecule is COc1cc2c(cc1OC)CC(=O)N(CCCI)C=C2. The van der Waals surface area contributed by atoms with E-state index in [1.165, 1.54) is 0 Å². The van der Waals surface area contributed by atoms with Gasteiger partial charge in [-0.3, -0.25) is 4.79 Å². The molecule has 0 radical (unpaired) electrons. The molecule has 1 heterocycles. The smallest absolute Gasteiger partial charge is 0.230 e. The Hall–Kier alpha value is -1.24. The lowest BCUT2D eigenvalue weighted by atomic mass is 10.0. The number of nitrogens with zero attached hydrogens (tertiary/aromatic N) is 1. The number of carbonyl (C=O) groups is 1. The minimum absolute atomic E-state index is 0.122. The Balaban J connectivity index is 2.31. The number of ether oxygens (including phenoxy) is 2. The molecular weight excluding hydrogens is 369 g/mol. The van der Waals surface area contributed by atoms with Crippen LogP contribution in [-0.4, -0.2) is 36.0 Å². The molecular formula is C15H18INO3. The van der Waals surface area contributed by atoms with Crippen LogP contribution >= 0.6 is 22.6 Å². The van der Waals surface area contributed by atoms with Crippen LogP contribution in [0.1, 0.15) is 17.5 Å². The quantitative estimate of drug-likeness (QED) is 0.576. The number of rotatable bonds is 5. The second-order valence-electron chi connectivity index (χ2n) is 4.53. The highest BCUT2D eigenvalue weighted by Crippen LogP contribution is 2.32. The van der Waals surface area contributed by atoms with Gasteiger partial charge in [-0.2, -0.15) is 0 Å². The summed E-state index contributed by atoms with van der Waals surface area (Å²) in [6.45, 7) is 0.764. The summed E-state index contributed by atoms with van der Waals surface area (Å²) in [5.41, 5.74) is 1.98. The van der Waals surface area contributed by atoms with Crippen LogP contribution in [0.25, 0.3) is 6.08 Å². The van der Waals surface area contributed by atoms with Crippen LogP contribution in [-0.2, 0) is 11.2 Å². The maximum atomic E-state index is 12.2. The van der Waals surface area contributed by atoms with Crippen molar-refractivity contribution in [1.82, 2.24) is 4.90 Å². The summed E-state index contributed by atoms with van der Waals surface area (Å²) in [6, 6.07) is 3.80. The molecule has 0 saturated carbocycles. The first-order valence-corrected chi connectivity index (χ1v) is 8.00. The van der Waals surface area contributed by atoms with E-state index in [-0.39, 0.29) is 5.91 Å². The van der Waals surface area contributed by atoms with Crippen molar-refractivity contribution < 1.29 is 14.3 Å². The standard InChI is InChI=1S/C15H18INO3/c1-19-13-8-11-4-7-17(6-3-5-16)15(18)10-12(11)9-14(13)20-2/h4,7-9H,3,5-6,10H2,1-2H3. The average Bonchev–Trinajstić information content (AvgIpc) is 2.61. The van der Waals surface area contributed by atoms with Crippen LogP contribution in [0.2, 0.25) is 0 Å². The first-order chi connectivity index (χ1) is 9.69. The van der Waals surface area contributed by atoms with Crippen molar-refractivity contribution in [3.05, 3.63) is 29.5 Å². The lowest BCUT2D eigenvalue weighted by Gasteiger charge is -2.16. The van der Waals surface area contributed by atoms with E-state index in [1.807, 2.05) is 24.4 Å². The Kier molecular flexibility index (Phi) is 5.28. The molecule has 108 valence electrons. The molecule has 1 aliphatic heterocycles. The van der Waals surface area contributed by atoms with Crippen LogP contribution in [0.3, 0.4) is 0 Å². The van der Waals surface area contributed by atoms with E-state index in [9.17, 15) is 4.79 Å². The summed E-state index contributed by atoms with van der Waals surface area (Å²) < 4.78 is 11.6. The van der Waals surface area contributed by atoms with E-state index in [0.717, 1.165) is 28.5 Å². The third-order valence-corrected chi connectivity index (χ3v) is 4.04. The number of halogens is 1. The number of carbonyl (C=O) groups excluding carboxylic acids is 1. The van der Waals surface area contributed by atoms with Crippen molar-refractivity contribution in [2.75, 3.05) is 25.2 Å². The van der Waals surface area contributed by atoms with Crippen LogP contribution < -0.4 is 9.47 Å². The van der Waals surface area contributed by atoms with Gasteiger partial charge in [0.2, 0.25) is 5.91 Å². The second kappa shape index (κ2) is 6.97. The summed E-state index contributed by atoms with van der Waals surface area (Å²) in [5, 5.41) is 0. The van der Waals surface area contributed by atoms with E-state index in [1.54, 1.807) is 19.1 Å². The fourth-order valence-corrected chi connectivity index (χ4v) is 2.53. The minimum atomic E-state index is 0.122. The zero-order chi connectivity index (χ0) is 14.5. The van der Waals surface area contributed by atoms with Crippen LogP contribution in [0.5, 0.6) is 11.5 Å². The number of amides is 1. The van der Waals surface area contributed by atoms with Gasteiger partial charge >= 0.3 is 0 Å². The van der Waals surface area contributed by atoms with E-state index in [0.29, 0.717) is 17.9 Å². The van der Waals surface area contributed by atoms with E-state index in [4.69, 9.17) is 9.47 Å². The Morgan fingerprint density at radius 1 is 1.25 bits per heavy atom. The van der Waals surface area contributed by atoms with Crippen molar-refractivity contribution in [1.29, 1.82) is 0 Å². The van der Waals surface area contributed by atoms with Crippen molar-refractivity contribution in [3.63, 3.8) is 0 Å². The monoisotopic (exact) mass is 387 g/mol. The van der Waals surface area contributed by atoms with E-state index >= 15 is 0 Å². The highest BCUT2D eigenvalue weighted by Gasteiger charge is 2.19. The highest BCUT2D eigenvalue weighted by atomic mass is 127. The first-order valence-electron chi connectivity index (χ1n) is 6.48. The fraction of sp³-hybridized carbons (Fsp3) is 0.400. The van der Waals surface area contributed by atoms with Crippen LogP contribution in [0, 0.1) is 0 Å². The number of hydrogen-bond donors (Lipinski definition) is 0. The molecule has 2 rings (SSSR count). The zero-order valence-electron chi connectivity index (χ0n) is 11.7. The van der Waals surface area contributed by atoms with Gasteiger partial charge in [-0.25, -0.2) is 0 Å². The normalized spacial score (nSPS) is 13.9. The highest BCUT2D eigenvalue weighted by molar-refractivity contribution is 14.1. The molecule has 1 aromatic rings. The molecule has 0 fully saturated rings. The van der Waals surface area contributed by atoms with Gasteiger partial charge in [0.25, 0.3) is 0 Å². The molecule has 0 unspecified atom stereocenters. The third-order valence-electron chi connectivity index (χ3n) is 3.27. The Bertz CT molecular complexity index is 528. The zero-order valence-corrected chi connectivity index (χ0v) is 13.8. The molecule has 0 spiro atoms. The maximum Gasteiger partial charge on any atom is 0.230 e. The van der Waals surface area contributed by atoms with Gasteiger partial charge in [0, 0.05) is 17.2 Å². The first kappa shape index (κ1) is 15.2. The Morgan fingerprint density at radius 3 is 2.60 bits per heavy atom. The predicted molar refractivity (Wildman–Crippen MR) is 87.5 cm³/mol. The second-order valence-corrected chi connectivity index (χ2v) is 5.61. The maximum absolute atomic E-state index is 12.2. The number of fused-ring (bicyclic) bond motifs is 1. The number of benzene rings is 1. The van der Waals surface area contributed by atoms with Gasteiger partial charge < -0.3 is 14.4 Å². The van der Waals surface area contributed by atoms with E-state index in [2.05, 4.69) is 22.6 Å². The predicted octanol–water partition coefficient (Wildman–Crippen LogP) is 2.88. The van der Waals surface area contributed by atoms with Crippen LogP contribution in [0.15, 0.2) is 18.3 Å². The van der Waals surface area contributed by atoms with Gasteiger partial charge in [0.1, 0.15) is 0 Å². The van der Waals surface area contributed by atoms with Crippen molar-refractivity contribution >= 4 is 34.6 Å². The summed E-state index contributed by atoms with van der Waals surface area (Å²) in [6.07, 6.45) is 5.23. The molecule has 0 atom stereocenters. The van der Waals surface area contributed by atoms with Crippen LogP contribution in [0.4, 0.5) is 0 Å². The molecule has 20 heavy (non-hydrogen) atoms. The molecule has 1 aromatic carbocycles. The molecule has 0 aliphatic carbocycles. The van der Waals surface area contributed by atoms with Gasteiger partial charge in [-0.1, -0.05) is 22.6 Å². The van der Waals surface area contributed by atoms with E-state index < -0.39 is 0 Å². The lowest BCUT2D eigenvalue weighted by Crippen LogP contribution is -2.27. The van der Waals surface area contributed by atoms with Crippen molar-refractivity contribution in [2.45, 2.75) is 12.8 Å². The Morgan fingerprint density at radius 2 is 1.95 bits per heavy atom. The van der Waals surface area contributed by atoms with Crippen molar-refractivity contribution in [3.8, 4) is 11.5 Å². The molecule has 1 aliphatic rings. The molecule has 0 bridgehead atoms. The summed E-state index contributed by atoms with van der Waals surface area (Å²) in [5.74, 6) is 1.47. The van der Waals surface area contributed by atoms with Crippen molar-refractivity contribution in [2.24, 2.45) is 0 Å². The largest absolute Gasteiger partial charge is 0.493 e. The van der Waals surface area contributed by atoms with Gasteiger partial charge in [0.05, 0.1) is 20.6 Å². The van der Waals surface area contributed by atoms with Gasteiger partial charge in [0.15, 0.2) is 11.5 Å². The molecule has 0 saturated heterocycles. The average molecular weight is 387 g/mol. The Labute approximate surface area is 132 Å². The molecule has 1 amide bonds. The minimum Gasteiger partial charge on any atom is -0.493 e. The summed E-state index contributed by atoms with van der Waals surface area (Å²) in [7, 11) is 3.22. The topological polar surface area (TPSA) is 38.8 Å². The summed E-state index contributed by atoms with van der Waals surface area (Å²) >= 11 is 2.32. The molecule has 0 N–H and O–H groups in total. The number of alkyl halides is 1. The lowest BCUT2D eigenvalue weighted by molar-refractivity contribution is -0.127. The third kappa shape index (κ3) is 3.26. The number of hydrogen-bond acceptors (Lipinski definition) is 3. The summed E-state index contributed by atoms with van der Waals surface area (Å²) in [4.78, 5) is 14.0. The van der Waals surface area contributed by atoms with Gasteiger partial charge in [-0.05, 0) is 35.8 Å². The molecule has 4 nitrogen and oxygen atoms in total. The molecule has 0 aromatic heterocycles. The van der Waals surface area contributed by atoms with Gasteiger partial charge in [-0.15, -0.1) is 0 Å². The number of methoxy groups -OCH3 is 2. The fourth-order valence-electron chi connectivity index (χ4n) is 2.19.